The maximum Gasteiger partial charge on any atom is 0.145 e. The zero-order chi connectivity index (χ0) is 9.97. The van der Waals surface area contributed by atoms with Gasteiger partial charge in [0.15, 0.2) is 0 Å². The van der Waals surface area contributed by atoms with Crippen molar-refractivity contribution in [2.75, 3.05) is 0 Å². The fourth-order valence-electron chi connectivity index (χ4n) is 1.04. The molecular weight excluding hydrogens is 246 g/mol. The molecule has 0 unspecified atom stereocenters. The number of hydrogen-bond donors (Lipinski definition) is 0. The van der Waals surface area contributed by atoms with Crippen LogP contribution in [0.1, 0.15) is 5.69 Å². The van der Waals surface area contributed by atoms with E-state index in [2.05, 4.69) is 31.2 Å². The van der Waals surface area contributed by atoms with E-state index in [0.29, 0.717) is 16.0 Å². The summed E-state index contributed by atoms with van der Waals surface area (Å²) in [6.45, 7) is 0. The number of nitrogens with zero attached hydrogens (tertiary/aromatic N) is 5. The third-order valence-corrected chi connectivity index (χ3v) is 1.99. The van der Waals surface area contributed by atoms with Gasteiger partial charge in [0.2, 0.25) is 0 Å². The van der Waals surface area contributed by atoms with E-state index in [0.717, 1.165) is 0 Å². The summed E-state index contributed by atoms with van der Waals surface area (Å²) in [7, 11) is 0. The highest BCUT2D eigenvalue weighted by Crippen LogP contribution is 2.14. The molecule has 5 nitrogen and oxygen atoms in total. The second-order valence-corrected chi connectivity index (χ2v) is 3.29. The molecule has 0 aliphatic heterocycles. The summed E-state index contributed by atoms with van der Waals surface area (Å²) in [5, 5.41) is 20.3. The minimum Gasteiger partial charge on any atom is -0.220 e. The van der Waals surface area contributed by atoms with E-state index in [4.69, 9.17) is 5.26 Å². The highest BCUT2D eigenvalue weighted by Gasteiger charge is 2.06. The summed E-state index contributed by atoms with van der Waals surface area (Å²) in [6.07, 6.45) is 3.09. The molecule has 68 valence electrons. The number of aromatic nitrogens is 4. The number of nitriles is 1. The van der Waals surface area contributed by atoms with Crippen molar-refractivity contribution in [3.05, 3.63) is 34.8 Å². The Bertz CT molecular complexity index is 484. The van der Waals surface area contributed by atoms with Crippen molar-refractivity contribution in [3.8, 4) is 11.8 Å². The molecule has 0 aromatic carbocycles. The van der Waals surface area contributed by atoms with Gasteiger partial charge in [-0.05, 0) is 22.0 Å². The number of rotatable bonds is 1. The normalized spacial score (nSPS) is 9.71. The molecule has 14 heavy (non-hydrogen) atoms. The van der Waals surface area contributed by atoms with Crippen LogP contribution in [0, 0.1) is 11.3 Å². The lowest BCUT2D eigenvalue weighted by molar-refractivity contribution is 0.839. The van der Waals surface area contributed by atoms with Crippen LogP contribution >= 0.6 is 15.9 Å². The molecule has 0 amide bonds. The monoisotopic (exact) mass is 249 g/mol. The second kappa shape index (κ2) is 3.55. The van der Waals surface area contributed by atoms with Crippen LogP contribution in [0.3, 0.4) is 0 Å². The van der Waals surface area contributed by atoms with Gasteiger partial charge in [0.1, 0.15) is 16.4 Å². The predicted molar refractivity (Wildman–Crippen MR) is 51.6 cm³/mol. The van der Waals surface area contributed by atoms with Gasteiger partial charge in [0.25, 0.3) is 0 Å². The molecule has 0 N–H and O–H groups in total. The molecule has 0 fully saturated rings. The van der Waals surface area contributed by atoms with Gasteiger partial charge in [0, 0.05) is 6.07 Å². The Morgan fingerprint density at radius 3 is 2.93 bits per heavy atom. The largest absolute Gasteiger partial charge is 0.220 e. The van der Waals surface area contributed by atoms with Gasteiger partial charge in [-0.3, -0.25) is 0 Å². The van der Waals surface area contributed by atoms with Crippen molar-refractivity contribution in [2.45, 2.75) is 0 Å². The first-order valence-electron chi connectivity index (χ1n) is 3.74. The summed E-state index contributed by atoms with van der Waals surface area (Å²) in [5.74, 6) is 0. The van der Waals surface area contributed by atoms with Crippen LogP contribution in [-0.4, -0.2) is 20.0 Å². The first kappa shape index (κ1) is 8.84. The number of hydrogen-bond acceptors (Lipinski definition) is 4. The molecule has 2 rings (SSSR count). The maximum atomic E-state index is 8.83. The van der Waals surface area contributed by atoms with Crippen LogP contribution < -0.4 is 0 Å². The topological polar surface area (TPSA) is 67.4 Å². The Morgan fingerprint density at radius 1 is 1.43 bits per heavy atom. The molecule has 2 aromatic heterocycles. The van der Waals surface area contributed by atoms with E-state index in [1.165, 1.54) is 4.68 Å². The molecule has 0 radical (unpaired) electrons. The van der Waals surface area contributed by atoms with E-state index in [1.54, 1.807) is 24.5 Å². The number of halogens is 1. The first-order valence-corrected chi connectivity index (χ1v) is 4.53. The molecule has 2 heterocycles. The summed E-state index contributed by atoms with van der Waals surface area (Å²) in [4.78, 5) is 0. The lowest BCUT2D eigenvalue weighted by atomic mass is 10.4. The second-order valence-electron chi connectivity index (χ2n) is 2.48. The van der Waals surface area contributed by atoms with Gasteiger partial charge >= 0.3 is 0 Å². The molecule has 0 bridgehead atoms. The minimum absolute atomic E-state index is 0.449. The van der Waals surface area contributed by atoms with Crippen molar-refractivity contribution < 1.29 is 0 Å². The molecular formula is C8H4BrN5. The predicted octanol–water partition coefficient (Wildman–Crippen LogP) is 1.30. The lowest BCUT2D eigenvalue weighted by Crippen LogP contribution is -2.00. The zero-order valence-corrected chi connectivity index (χ0v) is 8.51. The van der Waals surface area contributed by atoms with Crippen molar-refractivity contribution in [2.24, 2.45) is 0 Å². The maximum absolute atomic E-state index is 8.83. The highest BCUT2D eigenvalue weighted by atomic mass is 79.9. The fraction of sp³-hybridized carbons (Fsp3) is 0. The molecule has 0 saturated heterocycles. The molecule has 0 aliphatic carbocycles. The van der Waals surface area contributed by atoms with Gasteiger partial charge in [-0.1, -0.05) is 0 Å². The van der Waals surface area contributed by atoms with Crippen LogP contribution in [0.15, 0.2) is 29.1 Å². The summed E-state index contributed by atoms with van der Waals surface area (Å²) < 4.78 is 2.12. The van der Waals surface area contributed by atoms with Crippen molar-refractivity contribution >= 4 is 15.9 Å². The first-order chi connectivity index (χ1) is 6.81. The van der Waals surface area contributed by atoms with E-state index >= 15 is 0 Å². The standard InChI is InChI=1S/C8H4BrN5/c9-8-3-7(4-10)14(13-8)6-1-2-11-12-5-6/h1-3,5H. The smallest absolute Gasteiger partial charge is 0.145 e. The average molecular weight is 250 g/mol. The molecule has 0 atom stereocenters. The van der Waals surface area contributed by atoms with E-state index in [9.17, 15) is 0 Å². The van der Waals surface area contributed by atoms with Gasteiger partial charge in [0.05, 0.1) is 18.1 Å². The zero-order valence-electron chi connectivity index (χ0n) is 6.92. The van der Waals surface area contributed by atoms with Crippen LogP contribution in [0.2, 0.25) is 0 Å². The van der Waals surface area contributed by atoms with Crippen LogP contribution in [0.25, 0.3) is 5.69 Å². The Balaban J connectivity index is 2.58. The van der Waals surface area contributed by atoms with Crippen molar-refractivity contribution in [1.82, 2.24) is 20.0 Å². The fourth-order valence-corrected chi connectivity index (χ4v) is 1.41. The summed E-state index contributed by atoms with van der Waals surface area (Å²) in [5.41, 5.74) is 1.16. The van der Waals surface area contributed by atoms with E-state index in [-0.39, 0.29) is 0 Å². The van der Waals surface area contributed by atoms with Gasteiger partial charge < -0.3 is 0 Å². The van der Waals surface area contributed by atoms with E-state index < -0.39 is 0 Å². The van der Waals surface area contributed by atoms with Crippen molar-refractivity contribution in [3.63, 3.8) is 0 Å². The van der Waals surface area contributed by atoms with Gasteiger partial charge in [-0.25, -0.2) is 4.68 Å². The third-order valence-electron chi connectivity index (χ3n) is 1.61. The van der Waals surface area contributed by atoms with Gasteiger partial charge in [-0.2, -0.15) is 20.6 Å². The molecule has 6 heteroatoms. The Labute approximate surface area is 88.1 Å². The van der Waals surface area contributed by atoms with Crippen molar-refractivity contribution in [1.29, 1.82) is 5.26 Å². The molecule has 0 saturated carbocycles. The van der Waals surface area contributed by atoms with Crippen LogP contribution in [0.4, 0.5) is 0 Å². The highest BCUT2D eigenvalue weighted by molar-refractivity contribution is 9.10. The summed E-state index contributed by atoms with van der Waals surface area (Å²) in [6, 6.07) is 5.41. The van der Waals surface area contributed by atoms with E-state index in [1.807, 2.05) is 6.07 Å². The Morgan fingerprint density at radius 2 is 2.29 bits per heavy atom. The Hall–Kier alpha value is -1.74. The summed E-state index contributed by atoms with van der Waals surface area (Å²) >= 11 is 3.20. The molecule has 0 aliphatic rings. The average Bonchev–Trinajstić information content (AvgIpc) is 2.61. The Kier molecular flexibility index (Phi) is 2.24. The van der Waals surface area contributed by atoms with Crippen LogP contribution in [0.5, 0.6) is 0 Å². The van der Waals surface area contributed by atoms with Crippen LogP contribution in [-0.2, 0) is 0 Å². The SMILES string of the molecule is N#Cc1cc(Br)nn1-c1ccnnc1. The molecule has 2 aromatic rings. The lowest BCUT2D eigenvalue weighted by Gasteiger charge is -1.99. The minimum atomic E-state index is 0.449. The quantitative estimate of drug-likeness (QED) is 0.764. The molecule has 0 spiro atoms. The van der Waals surface area contributed by atoms with Gasteiger partial charge in [-0.15, -0.1) is 0 Å². The third kappa shape index (κ3) is 1.49.